The third-order valence-electron chi connectivity index (χ3n) is 6.48. The smallest absolute Gasteiger partial charge is 0.225 e. The first-order valence-electron chi connectivity index (χ1n) is 11.3. The minimum Gasteiger partial charge on any atom is -0.357 e. The summed E-state index contributed by atoms with van der Waals surface area (Å²) in [4.78, 5) is 22.2. The van der Waals surface area contributed by atoms with Crippen molar-refractivity contribution in [3.63, 3.8) is 0 Å². The molecule has 2 aliphatic heterocycles. The van der Waals surface area contributed by atoms with Crippen molar-refractivity contribution in [3.05, 3.63) is 0 Å². The highest BCUT2D eigenvalue weighted by atomic mass is 127. The molecule has 7 heteroatoms. The molecule has 0 aromatic heterocycles. The van der Waals surface area contributed by atoms with Crippen LogP contribution in [0.15, 0.2) is 4.99 Å². The highest BCUT2D eigenvalue weighted by Crippen LogP contribution is 2.27. The van der Waals surface area contributed by atoms with Gasteiger partial charge >= 0.3 is 0 Å². The molecule has 3 aliphatic rings. The Morgan fingerprint density at radius 2 is 1.79 bits per heavy atom. The number of guanidine groups is 1. The van der Waals surface area contributed by atoms with Crippen LogP contribution in [0.1, 0.15) is 65.2 Å². The van der Waals surface area contributed by atoms with Crippen LogP contribution in [-0.4, -0.2) is 73.0 Å². The number of hydrogen-bond donors (Lipinski definition) is 2. The predicted molar refractivity (Wildman–Crippen MR) is 126 cm³/mol. The molecule has 28 heavy (non-hydrogen) atoms. The van der Waals surface area contributed by atoms with Crippen molar-refractivity contribution in [2.45, 2.75) is 77.3 Å². The van der Waals surface area contributed by atoms with E-state index in [9.17, 15) is 4.79 Å². The molecule has 2 N–H and O–H groups in total. The van der Waals surface area contributed by atoms with Crippen LogP contribution >= 0.6 is 24.0 Å². The van der Waals surface area contributed by atoms with Crippen LogP contribution in [0.2, 0.25) is 0 Å². The van der Waals surface area contributed by atoms with E-state index in [1.54, 1.807) is 0 Å². The summed E-state index contributed by atoms with van der Waals surface area (Å²) in [6.45, 7) is 10.2. The molecule has 2 saturated heterocycles. The van der Waals surface area contributed by atoms with Gasteiger partial charge in [0.05, 0.1) is 6.54 Å². The molecule has 2 atom stereocenters. The monoisotopic (exact) mass is 505 g/mol. The molecule has 1 aliphatic carbocycles. The molecule has 0 aromatic carbocycles. The first-order valence-corrected chi connectivity index (χ1v) is 11.3. The van der Waals surface area contributed by atoms with Gasteiger partial charge in [-0.3, -0.25) is 14.7 Å². The first kappa shape index (κ1) is 23.7. The fraction of sp³-hybridized carbons (Fsp3) is 0.905. The van der Waals surface area contributed by atoms with E-state index < -0.39 is 0 Å². The molecule has 2 unspecified atom stereocenters. The maximum Gasteiger partial charge on any atom is 0.225 e. The Bertz CT molecular complexity index is 503. The number of halogens is 1. The average Bonchev–Trinajstić information content (AvgIpc) is 3.44. The van der Waals surface area contributed by atoms with Crippen LogP contribution in [0.4, 0.5) is 0 Å². The quantitative estimate of drug-likeness (QED) is 0.318. The van der Waals surface area contributed by atoms with Gasteiger partial charge in [0.25, 0.3) is 0 Å². The van der Waals surface area contributed by atoms with E-state index >= 15 is 0 Å². The van der Waals surface area contributed by atoms with E-state index in [4.69, 9.17) is 4.99 Å². The van der Waals surface area contributed by atoms with Gasteiger partial charge in [0.15, 0.2) is 5.96 Å². The fourth-order valence-corrected chi connectivity index (χ4v) is 4.83. The molecule has 3 rings (SSSR count). The SMILES string of the molecule is CCNC(=NCC(CC)N1CCCC1)NC1CCN(C(=O)C2CCCC2)C1.I. The van der Waals surface area contributed by atoms with Crippen molar-refractivity contribution in [3.8, 4) is 0 Å². The molecule has 0 bridgehead atoms. The number of nitrogens with one attached hydrogen (secondary N) is 2. The second kappa shape index (κ2) is 12.2. The summed E-state index contributed by atoms with van der Waals surface area (Å²) >= 11 is 0. The van der Waals surface area contributed by atoms with Crippen LogP contribution in [0, 0.1) is 5.92 Å². The number of rotatable bonds is 7. The largest absolute Gasteiger partial charge is 0.357 e. The summed E-state index contributed by atoms with van der Waals surface area (Å²) in [7, 11) is 0. The van der Waals surface area contributed by atoms with Gasteiger partial charge in [-0.05, 0) is 58.5 Å². The number of carbonyl (C=O) groups is 1. The van der Waals surface area contributed by atoms with Crippen LogP contribution < -0.4 is 10.6 Å². The minimum atomic E-state index is 0. The summed E-state index contributed by atoms with van der Waals surface area (Å²) < 4.78 is 0. The van der Waals surface area contributed by atoms with Gasteiger partial charge in [-0.2, -0.15) is 0 Å². The molecular formula is C21H40IN5O. The van der Waals surface area contributed by atoms with E-state index in [1.807, 2.05) is 0 Å². The lowest BCUT2D eigenvalue weighted by atomic mass is 10.1. The van der Waals surface area contributed by atoms with Gasteiger partial charge < -0.3 is 15.5 Å². The summed E-state index contributed by atoms with van der Waals surface area (Å²) in [6.07, 6.45) is 9.44. The number of likely N-dealkylation sites (tertiary alicyclic amines) is 2. The highest BCUT2D eigenvalue weighted by Gasteiger charge is 2.32. The maximum atomic E-state index is 12.7. The Hall–Kier alpha value is -0.570. The molecule has 1 saturated carbocycles. The minimum absolute atomic E-state index is 0. The van der Waals surface area contributed by atoms with E-state index in [0.29, 0.717) is 18.0 Å². The summed E-state index contributed by atoms with van der Waals surface area (Å²) in [5.41, 5.74) is 0. The van der Waals surface area contributed by atoms with Crippen molar-refractivity contribution < 1.29 is 4.79 Å². The summed E-state index contributed by atoms with van der Waals surface area (Å²) in [5, 5.41) is 6.98. The van der Waals surface area contributed by atoms with Gasteiger partial charge in [0, 0.05) is 37.6 Å². The molecule has 0 spiro atoms. The first-order chi connectivity index (χ1) is 13.2. The lowest BCUT2D eigenvalue weighted by molar-refractivity contribution is -0.134. The molecule has 0 aromatic rings. The molecule has 162 valence electrons. The lowest BCUT2D eigenvalue weighted by Gasteiger charge is -2.25. The average molecular weight is 505 g/mol. The van der Waals surface area contributed by atoms with E-state index in [0.717, 1.165) is 57.8 Å². The summed E-state index contributed by atoms with van der Waals surface area (Å²) in [5.74, 6) is 1.59. The zero-order chi connectivity index (χ0) is 19.1. The highest BCUT2D eigenvalue weighted by molar-refractivity contribution is 14.0. The Balaban J connectivity index is 0.00000280. The van der Waals surface area contributed by atoms with Crippen molar-refractivity contribution >= 4 is 35.8 Å². The molecule has 0 radical (unpaired) electrons. The number of aliphatic imine (C=N–C) groups is 1. The Labute approximate surface area is 188 Å². The van der Waals surface area contributed by atoms with Gasteiger partial charge in [-0.1, -0.05) is 19.8 Å². The number of amides is 1. The van der Waals surface area contributed by atoms with Crippen molar-refractivity contribution in [1.82, 2.24) is 20.4 Å². The van der Waals surface area contributed by atoms with Crippen molar-refractivity contribution in [1.29, 1.82) is 0 Å². The third-order valence-corrected chi connectivity index (χ3v) is 6.48. The van der Waals surface area contributed by atoms with Gasteiger partial charge in [-0.15, -0.1) is 24.0 Å². The molecular weight excluding hydrogens is 465 g/mol. The van der Waals surface area contributed by atoms with Crippen LogP contribution in [0.5, 0.6) is 0 Å². The molecule has 1 amide bonds. The molecule has 2 heterocycles. The van der Waals surface area contributed by atoms with Gasteiger partial charge in [0.1, 0.15) is 0 Å². The van der Waals surface area contributed by atoms with E-state index in [1.165, 1.54) is 38.8 Å². The Kier molecular flexibility index (Phi) is 10.3. The zero-order valence-electron chi connectivity index (χ0n) is 17.8. The van der Waals surface area contributed by atoms with Crippen LogP contribution in [-0.2, 0) is 4.79 Å². The number of hydrogen-bond acceptors (Lipinski definition) is 3. The standard InChI is InChI=1S/C21H39N5O.HI/c1-3-19(25-12-7-8-13-25)15-23-21(22-4-2)24-18-11-14-26(16-18)20(27)17-9-5-6-10-17;/h17-19H,3-16H2,1-2H3,(H2,22,23,24);1H. The Morgan fingerprint density at radius 1 is 1.07 bits per heavy atom. The van der Waals surface area contributed by atoms with Crippen molar-refractivity contribution in [2.75, 3.05) is 39.3 Å². The molecule has 3 fully saturated rings. The van der Waals surface area contributed by atoms with E-state index in [2.05, 4.69) is 34.3 Å². The number of carbonyl (C=O) groups excluding carboxylic acids is 1. The lowest BCUT2D eigenvalue weighted by Crippen LogP contribution is -2.46. The molecule has 6 nitrogen and oxygen atoms in total. The van der Waals surface area contributed by atoms with Gasteiger partial charge in [0.2, 0.25) is 5.91 Å². The maximum absolute atomic E-state index is 12.7. The predicted octanol–water partition coefficient (Wildman–Crippen LogP) is 2.83. The van der Waals surface area contributed by atoms with Crippen LogP contribution in [0.25, 0.3) is 0 Å². The third kappa shape index (κ3) is 6.47. The fourth-order valence-electron chi connectivity index (χ4n) is 4.83. The van der Waals surface area contributed by atoms with Gasteiger partial charge in [-0.25, -0.2) is 0 Å². The Morgan fingerprint density at radius 3 is 2.43 bits per heavy atom. The van der Waals surface area contributed by atoms with Crippen LogP contribution in [0.3, 0.4) is 0 Å². The second-order valence-corrected chi connectivity index (χ2v) is 8.42. The topological polar surface area (TPSA) is 60.0 Å². The number of nitrogens with zero attached hydrogens (tertiary/aromatic N) is 3. The second-order valence-electron chi connectivity index (χ2n) is 8.42. The van der Waals surface area contributed by atoms with E-state index in [-0.39, 0.29) is 29.9 Å². The zero-order valence-corrected chi connectivity index (χ0v) is 20.1. The normalized spacial score (nSPS) is 25.0. The van der Waals surface area contributed by atoms with Crippen molar-refractivity contribution in [2.24, 2.45) is 10.9 Å². The summed E-state index contributed by atoms with van der Waals surface area (Å²) in [6, 6.07) is 0.868.